The minimum Gasteiger partial charge on any atom is -0.359 e. The van der Waals surface area contributed by atoms with Gasteiger partial charge in [0.15, 0.2) is 0 Å². The van der Waals surface area contributed by atoms with E-state index in [-0.39, 0.29) is 0 Å². The molecule has 1 aliphatic rings. The molecule has 0 radical (unpaired) electrons. The van der Waals surface area contributed by atoms with Gasteiger partial charge in [-0.15, -0.1) is 0 Å². The van der Waals surface area contributed by atoms with Crippen LogP contribution < -0.4 is 4.90 Å². The molecule has 1 fully saturated rings. The van der Waals surface area contributed by atoms with Crippen LogP contribution in [-0.2, 0) is 0 Å². The van der Waals surface area contributed by atoms with E-state index >= 15 is 0 Å². The van der Waals surface area contributed by atoms with Crippen LogP contribution in [-0.4, -0.2) is 43.6 Å². The van der Waals surface area contributed by atoms with E-state index in [1.807, 2.05) is 19.1 Å². The maximum atomic E-state index is 9.04. The normalized spacial score (nSPS) is 20.0. The van der Waals surface area contributed by atoms with Crippen LogP contribution in [0, 0.1) is 24.2 Å². The molecule has 0 amide bonds. The highest BCUT2D eigenvalue weighted by Crippen LogP contribution is 2.19. The van der Waals surface area contributed by atoms with Gasteiger partial charge in [-0.05, 0) is 50.9 Å². The highest BCUT2D eigenvalue weighted by Gasteiger charge is 2.19. The van der Waals surface area contributed by atoms with Crippen LogP contribution in [0.3, 0.4) is 0 Å². The average Bonchev–Trinajstić information content (AvgIpc) is 2.39. The summed E-state index contributed by atoms with van der Waals surface area (Å²) in [7, 11) is 4.25. The number of piperidine rings is 1. The first-order valence-corrected chi connectivity index (χ1v) is 6.87. The summed E-state index contributed by atoms with van der Waals surface area (Å²) in [5.74, 6) is 1.59. The van der Waals surface area contributed by atoms with Crippen molar-refractivity contribution in [3.05, 3.63) is 23.4 Å². The molecule has 1 aromatic heterocycles. The van der Waals surface area contributed by atoms with Gasteiger partial charge in [-0.25, -0.2) is 4.98 Å². The first-order valence-electron chi connectivity index (χ1n) is 6.87. The molecule has 2 rings (SSSR count). The van der Waals surface area contributed by atoms with E-state index in [0.29, 0.717) is 11.6 Å². The van der Waals surface area contributed by atoms with Crippen molar-refractivity contribution in [2.45, 2.75) is 19.8 Å². The summed E-state index contributed by atoms with van der Waals surface area (Å²) < 4.78 is 0. The lowest BCUT2D eigenvalue weighted by Gasteiger charge is -2.32. The molecular weight excluding hydrogens is 236 g/mol. The van der Waals surface area contributed by atoms with Gasteiger partial charge in [0.05, 0.1) is 0 Å². The summed E-state index contributed by atoms with van der Waals surface area (Å²) in [4.78, 5) is 8.99. The SMILES string of the molecule is Cc1ccc(N(C)CC2CCCN(C)C2)nc1C#N. The lowest BCUT2D eigenvalue weighted by atomic mass is 9.98. The number of likely N-dealkylation sites (tertiary alicyclic amines) is 1. The number of nitrogens with zero attached hydrogens (tertiary/aromatic N) is 4. The summed E-state index contributed by atoms with van der Waals surface area (Å²) in [6.07, 6.45) is 2.56. The van der Waals surface area contributed by atoms with E-state index in [4.69, 9.17) is 5.26 Å². The first-order chi connectivity index (χ1) is 9.10. The molecule has 0 N–H and O–H groups in total. The molecule has 19 heavy (non-hydrogen) atoms. The van der Waals surface area contributed by atoms with E-state index < -0.39 is 0 Å². The zero-order chi connectivity index (χ0) is 13.8. The van der Waals surface area contributed by atoms with E-state index in [9.17, 15) is 0 Å². The van der Waals surface area contributed by atoms with Crippen molar-refractivity contribution in [3.63, 3.8) is 0 Å². The molecule has 1 unspecified atom stereocenters. The maximum absolute atomic E-state index is 9.04. The fraction of sp³-hybridized carbons (Fsp3) is 0.600. The van der Waals surface area contributed by atoms with Gasteiger partial charge in [0, 0.05) is 20.1 Å². The van der Waals surface area contributed by atoms with E-state index in [1.54, 1.807) is 0 Å². The fourth-order valence-electron chi connectivity index (χ4n) is 2.75. The van der Waals surface area contributed by atoms with Gasteiger partial charge < -0.3 is 9.80 Å². The predicted octanol–water partition coefficient (Wildman–Crippen LogP) is 2.04. The van der Waals surface area contributed by atoms with Crippen molar-refractivity contribution in [2.24, 2.45) is 5.92 Å². The minimum absolute atomic E-state index is 0.533. The molecule has 0 saturated carbocycles. The molecule has 4 heteroatoms. The van der Waals surface area contributed by atoms with Crippen LogP contribution in [0.1, 0.15) is 24.1 Å². The van der Waals surface area contributed by atoms with Gasteiger partial charge in [0.2, 0.25) is 0 Å². The number of nitriles is 1. The second kappa shape index (κ2) is 6.03. The maximum Gasteiger partial charge on any atom is 0.145 e. The Balaban J connectivity index is 2.03. The lowest BCUT2D eigenvalue weighted by Crippen LogP contribution is -2.38. The van der Waals surface area contributed by atoms with Crippen LogP contribution in [0.25, 0.3) is 0 Å². The van der Waals surface area contributed by atoms with Crippen molar-refractivity contribution < 1.29 is 0 Å². The van der Waals surface area contributed by atoms with Crippen molar-refractivity contribution in [3.8, 4) is 6.07 Å². The molecule has 102 valence electrons. The van der Waals surface area contributed by atoms with Gasteiger partial charge in [-0.1, -0.05) is 6.07 Å². The molecule has 0 spiro atoms. The fourth-order valence-corrected chi connectivity index (χ4v) is 2.75. The molecule has 1 atom stereocenters. The zero-order valence-electron chi connectivity index (χ0n) is 12.1. The minimum atomic E-state index is 0.533. The zero-order valence-corrected chi connectivity index (χ0v) is 12.1. The van der Waals surface area contributed by atoms with Crippen LogP contribution in [0.5, 0.6) is 0 Å². The third kappa shape index (κ3) is 3.45. The number of aryl methyl sites for hydroxylation is 1. The number of hydrogen-bond donors (Lipinski definition) is 0. The molecule has 2 heterocycles. The Labute approximate surface area is 115 Å². The summed E-state index contributed by atoms with van der Waals surface area (Å²) in [5, 5.41) is 9.04. The number of rotatable bonds is 3. The van der Waals surface area contributed by atoms with Crippen molar-refractivity contribution >= 4 is 5.82 Å². The van der Waals surface area contributed by atoms with Gasteiger partial charge >= 0.3 is 0 Å². The molecule has 0 aliphatic carbocycles. The van der Waals surface area contributed by atoms with Gasteiger partial charge in [-0.2, -0.15) is 5.26 Å². The smallest absolute Gasteiger partial charge is 0.145 e. The monoisotopic (exact) mass is 258 g/mol. The molecule has 0 bridgehead atoms. The van der Waals surface area contributed by atoms with Crippen molar-refractivity contribution in [1.29, 1.82) is 5.26 Å². The summed E-state index contributed by atoms with van der Waals surface area (Å²) in [5.41, 5.74) is 1.47. The molecule has 0 aromatic carbocycles. The van der Waals surface area contributed by atoms with Gasteiger partial charge in [0.25, 0.3) is 0 Å². The quantitative estimate of drug-likeness (QED) is 0.832. The molecule has 1 aliphatic heterocycles. The average molecular weight is 258 g/mol. The topological polar surface area (TPSA) is 43.2 Å². The van der Waals surface area contributed by atoms with E-state index in [1.165, 1.54) is 19.4 Å². The summed E-state index contributed by atoms with van der Waals surface area (Å²) in [6, 6.07) is 6.13. The Kier molecular flexibility index (Phi) is 4.39. The van der Waals surface area contributed by atoms with Crippen LogP contribution in [0.4, 0.5) is 5.82 Å². The summed E-state index contributed by atoms with van der Waals surface area (Å²) >= 11 is 0. The molecule has 1 saturated heterocycles. The Morgan fingerprint density at radius 1 is 1.53 bits per heavy atom. The third-order valence-corrected chi connectivity index (χ3v) is 3.83. The molecular formula is C15H22N4. The first kappa shape index (κ1) is 13.8. The standard InChI is InChI=1S/C15H22N4/c1-12-6-7-15(17-14(12)9-16)19(3)11-13-5-4-8-18(2)10-13/h6-7,13H,4-5,8,10-11H2,1-3H3. The number of pyridine rings is 1. The van der Waals surface area contributed by atoms with Crippen LogP contribution in [0.15, 0.2) is 12.1 Å². The van der Waals surface area contributed by atoms with E-state index in [0.717, 1.165) is 24.5 Å². The highest BCUT2D eigenvalue weighted by atomic mass is 15.2. The van der Waals surface area contributed by atoms with Gasteiger partial charge in [-0.3, -0.25) is 0 Å². The molecule has 4 nitrogen and oxygen atoms in total. The second-order valence-corrected chi connectivity index (χ2v) is 5.60. The largest absolute Gasteiger partial charge is 0.359 e. The highest BCUT2D eigenvalue weighted by molar-refractivity contribution is 5.44. The predicted molar refractivity (Wildman–Crippen MR) is 77.2 cm³/mol. The third-order valence-electron chi connectivity index (χ3n) is 3.83. The van der Waals surface area contributed by atoms with Crippen LogP contribution >= 0.6 is 0 Å². The Morgan fingerprint density at radius 2 is 2.32 bits per heavy atom. The van der Waals surface area contributed by atoms with Gasteiger partial charge in [0.1, 0.15) is 17.6 Å². The number of anilines is 1. The second-order valence-electron chi connectivity index (χ2n) is 5.60. The lowest BCUT2D eigenvalue weighted by molar-refractivity contribution is 0.213. The Bertz CT molecular complexity index is 478. The Morgan fingerprint density at radius 3 is 3.00 bits per heavy atom. The molecule has 1 aromatic rings. The van der Waals surface area contributed by atoms with Crippen molar-refractivity contribution in [1.82, 2.24) is 9.88 Å². The van der Waals surface area contributed by atoms with E-state index in [2.05, 4.69) is 34.9 Å². The number of hydrogen-bond acceptors (Lipinski definition) is 4. The van der Waals surface area contributed by atoms with Crippen molar-refractivity contribution in [2.75, 3.05) is 38.6 Å². The number of aromatic nitrogens is 1. The summed E-state index contributed by atoms with van der Waals surface area (Å²) in [6.45, 7) is 5.29. The Hall–Kier alpha value is -1.60. The van der Waals surface area contributed by atoms with Crippen LogP contribution in [0.2, 0.25) is 0 Å².